The van der Waals surface area contributed by atoms with Crippen LogP contribution in [0.2, 0.25) is 0 Å². The van der Waals surface area contributed by atoms with E-state index in [0.717, 1.165) is 5.56 Å². The molecule has 7 nitrogen and oxygen atoms in total. The molecule has 0 spiro atoms. The Labute approximate surface area is 174 Å². The van der Waals surface area contributed by atoms with Gasteiger partial charge < -0.3 is 0 Å². The Morgan fingerprint density at radius 2 is 1.60 bits per heavy atom. The van der Waals surface area contributed by atoms with Gasteiger partial charge in [-0.2, -0.15) is 0 Å². The van der Waals surface area contributed by atoms with E-state index in [1.165, 1.54) is 30.3 Å². The summed E-state index contributed by atoms with van der Waals surface area (Å²) in [5.41, 5.74) is 10.5. The third kappa shape index (κ3) is 4.94. The Morgan fingerprint density at radius 1 is 0.967 bits per heavy atom. The summed E-state index contributed by atoms with van der Waals surface area (Å²) in [6, 6.07) is 21.4. The van der Waals surface area contributed by atoms with E-state index in [0.29, 0.717) is 5.56 Å². The molecule has 0 radical (unpaired) electrons. The molecule has 3 aromatic rings. The van der Waals surface area contributed by atoms with Crippen LogP contribution in [0.25, 0.3) is 16.5 Å². The van der Waals surface area contributed by atoms with Gasteiger partial charge in [-0.1, -0.05) is 65.3 Å². The highest BCUT2D eigenvalue weighted by Crippen LogP contribution is 2.24. The third-order valence-electron chi connectivity index (χ3n) is 4.24. The van der Waals surface area contributed by atoms with Crippen molar-refractivity contribution in [3.63, 3.8) is 0 Å². The van der Waals surface area contributed by atoms with Crippen LogP contribution in [0.5, 0.6) is 0 Å². The molecule has 0 atom stereocenters. The maximum atomic E-state index is 13.1. The summed E-state index contributed by atoms with van der Waals surface area (Å²) in [4.78, 5) is 15.9. The summed E-state index contributed by atoms with van der Waals surface area (Å²) in [6.07, 6.45) is 1.45. The number of carbonyl (C=O) groups is 1. The van der Waals surface area contributed by atoms with Crippen LogP contribution in [0.4, 0.5) is 5.69 Å². The molecule has 0 aliphatic rings. The first-order chi connectivity index (χ1) is 14.4. The lowest BCUT2D eigenvalue weighted by atomic mass is 10.0. The molecule has 0 amide bonds. The number of aryl methyl sites for hydroxylation is 1. The summed E-state index contributed by atoms with van der Waals surface area (Å²) in [5, 5.41) is 3.52. The van der Waals surface area contributed by atoms with Gasteiger partial charge in [-0.25, -0.2) is 8.42 Å². The molecule has 0 aliphatic heterocycles. The number of ketones is 1. The van der Waals surface area contributed by atoms with E-state index in [9.17, 15) is 13.2 Å². The van der Waals surface area contributed by atoms with Gasteiger partial charge in [-0.3, -0.25) is 9.52 Å². The zero-order chi connectivity index (χ0) is 21.6. The third-order valence-corrected chi connectivity index (χ3v) is 5.62. The molecule has 3 aromatic carbocycles. The maximum Gasteiger partial charge on any atom is 0.261 e. The maximum absolute atomic E-state index is 13.1. The molecule has 0 aliphatic carbocycles. The Hall–Kier alpha value is -3.87. The summed E-state index contributed by atoms with van der Waals surface area (Å²) < 4.78 is 28.0. The predicted octanol–water partition coefficient (Wildman–Crippen LogP) is 5.33. The SMILES string of the molecule is Cc1ccc(S(=O)(=O)Nc2ccccc2C(=O)/C(=C/c2ccccc2)N=[N+]=[N-])cc1. The average Bonchev–Trinajstić information content (AvgIpc) is 2.74. The lowest BCUT2D eigenvalue weighted by molar-refractivity contribution is 0.103. The molecule has 0 saturated carbocycles. The van der Waals surface area contributed by atoms with Crippen LogP contribution in [-0.4, -0.2) is 14.2 Å². The Kier molecular flexibility index (Phi) is 6.32. The van der Waals surface area contributed by atoms with Gasteiger partial charge in [0.05, 0.1) is 16.3 Å². The number of Topliss-reactive ketones (excluding diaryl/α,β-unsaturated/α-hetero) is 1. The largest absolute Gasteiger partial charge is 0.289 e. The first-order valence-corrected chi connectivity index (χ1v) is 10.4. The molecular formula is C22H18N4O3S. The van der Waals surface area contributed by atoms with Gasteiger partial charge in [0.15, 0.2) is 5.78 Å². The number of anilines is 1. The molecule has 0 bridgehead atoms. The number of benzene rings is 3. The minimum atomic E-state index is -3.91. The van der Waals surface area contributed by atoms with Crippen molar-refractivity contribution in [2.45, 2.75) is 11.8 Å². The van der Waals surface area contributed by atoms with Gasteiger partial charge in [-0.05, 0) is 48.4 Å². The average molecular weight is 418 g/mol. The van der Waals surface area contributed by atoms with Crippen LogP contribution >= 0.6 is 0 Å². The topological polar surface area (TPSA) is 112 Å². The molecule has 8 heteroatoms. The van der Waals surface area contributed by atoms with Gasteiger partial charge in [0.1, 0.15) is 0 Å². The number of nitrogens with one attached hydrogen (secondary N) is 1. The quantitative estimate of drug-likeness (QED) is 0.184. The molecule has 0 fully saturated rings. The normalized spacial score (nSPS) is 11.4. The zero-order valence-electron chi connectivity index (χ0n) is 16.1. The standard InChI is InChI=1S/C22H18N4O3S/c1-16-11-13-18(14-12-16)30(28,29)25-20-10-6-5-9-19(20)22(27)21(24-26-23)15-17-7-3-2-4-8-17/h2-15,25H,1H3/b21-15-. The number of allylic oxidation sites excluding steroid dienone is 1. The fraction of sp³-hybridized carbons (Fsp3) is 0.0455. The van der Waals surface area contributed by atoms with E-state index < -0.39 is 15.8 Å². The van der Waals surface area contributed by atoms with E-state index in [1.54, 1.807) is 48.5 Å². The molecule has 0 unspecified atom stereocenters. The molecule has 1 N–H and O–H groups in total. The van der Waals surface area contributed by atoms with Gasteiger partial charge >= 0.3 is 0 Å². The number of nitrogens with zero attached hydrogens (tertiary/aromatic N) is 3. The summed E-state index contributed by atoms with van der Waals surface area (Å²) in [7, 11) is -3.91. The van der Waals surface area contributed by atoms with Gasteiger partial charge in [0.25, 0.3) is 10.0 Å². The van der Waals surface area contributed by atoms with Gasteiger partial charge in [-0.15, -0.1) is 0 Å². The second kappa shape index (κ2) is 9.09. The van der Waals surface area contributed by atoms with Crippen LogP contribution in [0.1, 0.15) is 21.5 Å². The van der Waals surface area contributed by atoms with Crippen LogP contribution in [0.3, 0.4) is 0 Å². The molecule has 150 valence electrons. The fourth-order valence-electron chi connectivity index (χ4n) is 2.72. The first-order valence-electron chi connectivity index (χ1n) is 8.96. The van der Waals surface area contributed by atoms with Crippen LogP contribution in [0, 0.1) is 6.92 Å². The molecule has 0 saturated heterocycles. The van der Waals surface area contributed by atoms with Crippen LogP contribution in [0.15, 0.2) is 94.6 Å². The second-order valence-corrected chi connectivity index (χ2v) is 8.11. The minimum absolute atomic E-state index is 0.0720. The van der Waals surface area contributed by atoms with Crippen LogP contribution in [-0.2, 0) is 10.0 Å². The monoisotopic (exact) mass is 418 g/mol. The van der Waals surface area contributed by atoms with Crippen molar-refractivity contribution in [2.24, 2.45) is 5.11 Å². The molecule has 0 aromatic heterocycles. The van der Waals surface area contributed by atoms with Gasteiger partial charge in [0.2, 0.25) is 0 Å². The molecule has 0 heterocycles. The number of rotatable bonds is 7. The lowest BCUT2D eigenvalue weighted by Crippen LogP contribution is -2.16. The number of hydrogen-bond donors (Lipinski definition) is 1. The van der Waals surface area contributed by atoms with Crippen LogP contribution < -0.4 is 4.72 Å². The minimum Gasteiger partial charge on any atom is -0.289 e. The van der Waals surface area contributed by atoms with Crippen molar-refractivity contribution < 1.29 is 13.2 Å². The van der Waals surface area contributed by atoms with Crippen molar-refractivity contribution in [2.75, 3.05) is 4.72 Å². The van der Waals surface area contributed by atoms with Crippen molar-refractivity contribution in [3.05, 3.63) is 112 Å². The number of azide groups is 1. The van der Waals surface area contributed by atoms with Crippen molar-refractivity contribution in [3.8, 4) is 0 Å². The highest BCUT2D eigenvalue weighted by molar-refractivity contribution is 7.92. The number of para-hydroxylation sites is 1. The highest BCUT2D eigenvalue weighted by Gasteiger charge is 2.20. The second-order valence-electron chi connectivity index (χ2n) is 6.42. The number of carbonyl (C=O) groups excluding carboxylic acids is 1. The van der Waals surface area contributed by atoms with E-state index in [4.69, 9.17) is 5.53 Å². The van der Waals surface area contributed by atoms with E-state index in [-0.39, 0.29) is 21.8 Å². The number of sulfonamides is 1. The van der Waals surface area contributed by atoms with E-state index in [1.807, 2.05) is 13.0 Å². The number of hydrogen-bond acceptors (Lipinski definition) is 4. The van der Waals surface area contributed by atoms with Gasteiger partial charge in [0, 0.05) is 10.5 Å². The fourth-order valence-corrected chi connectivity index (χ4v) is 3.80. The summed E-state index contributed by atoms with van der Waals surface area (Å²) in [6.45, 7) is 1.86. The molecule has 3 rings (SSSR count). The van der Waals surface area contributed by atoms with Crippen molar-refractivity contribution >= 4 is 27.6 Å². The zero-order valence-corrected chi connectivity index (χ0v) is 16.9. The highest BCUT2D eigenvalue weighted by atomic mass is 32.2. The van der Waals surface area contributed by atoms with Crippen molar-refractivity contribution in [1.29, 1.82) is 0 Å². The summed E-state index contributed by atoms with van der Waals surface area (Å²) in [5.74, 6) is -0.598. The van der Waals surface area contributed by atoms with E-state index >= 15 is 0 Å². The lowest BCUT2D eigenvalue weighted by Gasteiger charge is -2.12. The van der Waals surface area contributed by atoms with Crippen molar-refractivity contribution in [1.82, 2.24) is 0 Å². The Bertz CT molecular complexity index is 1250. The Morgan fingerprint density at radius 3 is 2.27 bits per heavy atom. The Balaban J connectivity index is 1.99. The smallest absolute Gasteiger partial charge is 0.261 e. The molecular weight excluding hydrogens is 400 g/mol. The van der Waals surface area contributed by atoms with E-state index in [2.05, 4.69) is 14.7 Å². The first kappa shape index (κ1) is 20.9. The summed E-state index contributed by atoms with van der Waals surface area (Å²) >= 11 is 0. The molecule has 30 heavy (non-hydrogen) atoms. The predicted molar refractivity (Wildman–Crippen MR) is 116 cm³/mol.